The van der Waals surface area contributed by atoms with Crippen LogP contribution in [-0.2, 0) is 0 Å². The number of rotatable bonds is 6. The number of hydrogen-bond donors (Lipinski definition) is 3. The van der Waals surface area contributed by atoms with Gasteiger partial charge in [-0.2, -0.15) is 0 Å². The molecule has 0 saturated heterocycles. The van der Waals surface area contributed by atoms with Crippen molar-refractivity contribution in [3.8, 4) is 5.75 Å². The molecule has 0 unspecified atom stereocenters. The molecular weight excluding hydrogens is 261 g/mol. The predicted molar refractivity (Wildman–Crippen MR) is 75.3 cm³/mol. The molecule has 20 heavy (non-hydrogen) atoms. The minimum atomic E-state index is -0.595. The number of carbonyl (C=O) groups excluding carboxylic acids is 1. The lowest BCUT2D eigenvalue weighted by Crippen LogP contribution is -2.33. The van der Waals surface area contributed by atoms with Crippen molar-refractivity contribution < 1.29 is 13.9 Å². The highest BCUT2D eigenvalue weighted by molar-refractivity contribution is 5.98. The second kappa shape index (κ2) is 6.09. The molecule has 0 spiro atoms. The molecule has 110 valence electrons. The van der Waals surface area contributed by atoms with E-state index >= 15 is 0 Å². The first-order valence-electron chi connectivity index (χ1n) is 6.68. The van der Waals surface area contributed by atoms with Crippen molar-refractivity contribution in [1.82, 2.24) is 10.6 Å². The molecular formula is C14H20FN3O2. The van der Waals surface area contributed by atoms with Crippen molar-refractivity contribution in [3.05, 3.63) is 23.5 Å². The molecule has 2 rings (SSSR count). The molecule has 1 aromatic rings. The number of nitrogens with two attached hydrogens (primary N) is 1. The van der Waals surface area contributed by atoms with Gasteiger partial charge in [0.05, 0.1) is 12.7 Å². The van der Waals surface area contributed by atoms with Gasteiger partial charge in [-0.25, -0.2) is 4.39 Å². The van der Waals surface area contributed by atoms with Crippen LogP contribution >= 0.6 is 0 Å². The Morgan fingerprint density at radius 2 is 2.20 bits per heavy atom. The van der Waals surface area contributed by atoms with Gasteiger partial charge in [-0.15, -0.1) is 0 Å². The van der Waals surface area contributed by atoms with Crippen molar-refractivity contribution in [2.75, 3.05) is 25.9 Å². The van der Waals surface area contributed by atoms with Crippen molar-refractivity contribution in [3.63, 3.8) is 0 Å². The van der Waals surface area contributed by atoms with E-state index in [0.717, 1.165) is 12.0 Å². The second-order valence-electron chi connectivity index (χ2n) is 5.07. The number of ether oxygens (including phenoxy) is 1. The molecule has 1 aromatic carbocycles. The third-order valence-corrected chi connectivity index (χ3v) is 3.52. The summed E-state index contributed by atoms with van der Waals surface area (Å²) in [5.74, 6) is -0.115. The van der Waals surface area contributed by atoms with Gasteiger partial charge in [-0.05, 0) is 24.5 Å². The molecule has 5 nitrogen and oxygen atoms in total. The molecule has 1 aliphatic rings. The molecule has 4 N–H and O–H groups in total. The number of nitrogens with one attached hydrogen (secondary N) is 2. The van der Waals surface area contributed by atoms with Crippen LogP contribution in [0.3, 0.4) is 0 Å². The van der Waals surface area contributed by atoms with Crippen molar-refractivity contribution in [2.45, 2.75) is 19.4 Å². The summed E-state index contributed by atoms with van der Waals surface area (Å²) < 4.78 is 18.3. The lowest BCUT2D eigenvalue weighted by molar-refractivity contribution is 0.0951. The summed E-state index contributed by atoms with van der Waals surface area (Å²) in [6.07, 6.45) is 1.19. The van der Waals surface area contributed by atoms with Gasteiger partial charge in [-0.1, -0.05) is 6.92 Å². The van der Waals surface area contributed by atoms with Crippen molar-refractivity contribution in [2.24, 2.45) is 5.92 Å². The first kappa shape index (κ1) is 14.6. The normalized spacial score (nSPS) is 20.6. The molecule has 1 fully saturated rings. The molecule has 1 saturated carbocycles. The fourth-order valence-electron chi connectivity index (χ4n) is 2.11. The van der Waals surface area contributed by atoms with Crippen LogP contribution in [0.1, 0.15) is 23.7 Å². The van der Waals surface area contributed by atoms with Crippen LogP contribution < -0.4 is 21.1 Å². The van der Waals surface area contributed by atoms with Gasteiger partial charge in [0.15, 0.2) is 5.75 Å². The second-order valence-corrected chi connectivity index (χ2v) is 5.07. The molecule has 0 aliphatic heterocycles. The van der Waals surface area contributed by atoms with Crippen LogP contribution in [-0.4, -0.2) is 32.1 Å². The van der Waals surface area contributed by atoms with Gasteiger partial charge in [-0.3, -0.25) is 4.79 Å². The highest BCUT2D eigenvalue weighted by atomic mass is 19.1. The van der Waals surface area contributed by atoms with E-state index in [2.05, 4.69) is 17.6 Å². The zero-order valence-electron chi connectivity index (χ0n) is 11.7. The van der Waals surface area contributed by atoms with E-state index in [1.165, 1.54) is 19.6 Å². The number of hydrogen-bond acceptors (Lipinski definition) is 4. The van der Waals surface area contributed by atoms with Gasteiger partial charge in [0, 0.05) is 19.1 Å². The maximum Gasteiger partial charge on any atom is 0.255 e. The summed E-state index contributed by atoms with van der Waals surface area (Å²) in [5.41, 5.74) is 5.65. The van der Waals surface area contributed by atoms with E-state index in [1.807, 2.05) is 0 Å². The number of amides is 1. The molecule has 2 atom stereocenters. The molecule has 0 bridgehead atoms. The monoisotopic (exact) mass is 281 g/mol. The van der Waals surface area contributed by atoms with Gasteiger partial charge in [0.1, 0.15) is 11.5 Å². The average Bonchev–Trinajstić information content (AvgIpc) is 3.13. The highest BCUT2D eigenvalue weighted by Crippen LogP contribution is 2.29. The van der Waals surface area contributed by atoms with E-state index in [1.54, 1.807) is 0 Å². The molecule has 1 amide bonds. The lowest BCUT2D eigenvalue weighted by atomic mass is 10.1. The Balaban J connectivity index is 1.90. The number of methoxy groups -OCH3 is 1. The Bertz CT molecular complexity index is 507. The smallest absolute Gasteiger partial charge is 0.255 e. The van der Waals surface area contributed by atoms with Gasteiger partial charge in [0.2, 0.25) is 0 Å². The Labute approximate surface area is 117 Å². The Hall–Kier alpha value is -1.82. The predicted octanol–water partition coefficient (Wildman–Crippen LogP) is 1.14. The maximum absolute atomic E-state index is 13.3. The number of benzene rings is 1. The number of halogens is 1. The summed E-state index contributed by atoms with van der Waals surface area (Å²) in [5, 5.41) is 6.09. The van der Waals surface area contributed by atoms with Crippen LogP contribution in [0.15, 0.2) is 12.1 Å². The van der Waals surface area contributed by atoms with Gasteiger partial charge >= 0.3 is 0 Å². The van der Waals surface area contributed by atoms with Crippen LogP contribution in [0.2, 0.25) is 0 Å². The lowest BCUT2D eigenvalue weighted by Gasteiger charge is -2.12. The van der Waals surface area contributed by atoms with Crippen LogP contribution in [0, 0.1) is 11.7 Å². The Morgan fingerprint density at radius 1 is 1.50 bits per heavy atom. The largest absolute Gasteiger partial charge is 0.494 e. The number of carbonyl (C=O) groups is 1. The van der Waals surface area contributed by atoms with Gasteiger partial charge in [0.25, 0.3) is 5.91 Å². The summed E-state index contributed by atoms with van der Waals surface area (Å²) >= 11 is 0. The minimum absolute atomic E-state index is 0.0753. The molecule has 0 radical (unpaired) electrons. The SMILES string of the molecule is COc1c(C(=O)NCCN[C@H]2C[C@@H]2C)ccc(F)c1N. The average molecular weight is 281 g/mol. The Morgan fingerprint density at radius 3 is 2.80 bits per heavy atom. The van der Waals surface area contributed by atoms with Gasteiger partial charge < -0.3 is 21.1 Å². The first-order chi connectivity index (χ1) is 9.54. The first-order valence-corrected chi connectivity index (χ1v) is 6.68. The van der Waals surface area contributed by atoms with Crippen LogP contribution in [0.25, 0.3) is 0 Å². The summed E-state index contributed by atoms with van der Waals surface area (Å²) in [7, 11) is 1.36. The molecule has 0 heterocycles. The topological polar surface area (TPSA) is 76.4 Å². The highest BCUT2D eigenvalue weighted by Gasteiger charge is 2.31. The van der Waals surface area contributed by atoms with E-state index in [-0.39, 0.29) is 22.9 Å². The zero-order chi connectivity index (χ0) is 14.7. The van der Waals surface area contributed by atoms with E-state index in [9.17, 15) is 9.18 Å². The van der Waals surface area contributed by atoms with Crippen LogP contribution in [0.4, 0.5) is 10.1 Å². The van der Waals surface area contributed by atoms with Crippen molar-refractivity contribution in [1.29, 1.82) is 0 Å². The summed E-state index contributed by atoms with van der Waals surface area (Å²) in [6.45, 7) is 3.39. The van der Waals surface area contributed by atoms with E-state index in [0.29, 0.717) is 19.1 Å². The Kier molecular flexibility index (Phi) is 4.44. The zero-order valence-corrected chi connectivity index (χ0v) is 11.7. The standard InChI is InChI=1S/C14H20FN3O2/c1-8-7-11(8)17-5-6-18-14(19)9-3-4-10(15)12(16)13(9)20-2/h3-4,8,11,17H,5-7,16H2,1-2H3,(H,18,19)/t8-,11-/m0/s1. The number of anilines is 1. The molecule has 6 heteroatoms. The fourth-order valence-corrected chi connectivity index (χ4v) is 2.11. The summed E-state index contributed by atoms with van der Waals surface area (Å²) in [6, 6.07) is 3.11. The quantitative estimate of drug-likeness (QED) is 0.540. The number of nitrogen functional groups attached to an aromatic ring is 1. The molecule has 1 aliphatic carbocycles. The van der Waals surface area contributed by atoms with Crippen molar-refractivity contribution >= 4 is 11.6 Å². The third-order valence-electron chi connectivity index (χ3n) is 3.52. The summed E-state index contributed by atoms with van der Waals surface area (Å²) in [4.78, 5) is 12.0. The fraction of sp³-hybridized carbons (Fsp3) is 0.500. The molecule has 0 aromatic heterocycles. The van der Waals surface area contributed by atoms with Crippen LogP contribution in [0.5, 0.6) is 5.75 Å². The maximum atomic E-state index is 13.3. The minimum Gasteiger partial charge on any atom is -0.494 e. The van der Waals surface area contributed by atoms with E-state index in [4.69, 9.17) is 10.5 Å². The third kappa shape index (κ3) is 3.19. The van der Waals surface area contributed by atoms with E-state index < -0.39 is 5.82 Å².